The number of amides is 2. The minimum absolute atomic E-state index is 0.000263. The molecule has 4 nitrogen and oxygen atoms in total. The van der Waals surface area contributed by atoms with Crippen LogP contribution in [0.1, 0.15) is 48.4 Å². The molecule has 4 heteroatoms. The molecule has 2 amide bonds. The van der Waals surface area contributed by atoms with Crippen molar-refractivity contribution in [3.05, 3.63) is 47.5 Å². The zero-order valence-corrected chi connectivity index (χ0v) is 15.5. The van der Waals surface area contributed by atoms with Crippen LogP contribution in [0.5, 0.6) is 0 Å². The zero-order valence-electron chi connectivity index (χ0n) is 15.5. The maximum atomic E-state index is 12.4. The Balaban J connectivity index is 1.89. The summed E-state index contributed by atoms with van der Waals surface area (Å²) in [6, 6.07) is 7.00. The third kappa shape index (κ3) is 5.04. The molecule has 0 spiro atoms. The molecule has 1 aromatic rings. The van der Waals surface area contributed by atoms with Crippen LogP contribution in [0, 0.1) is 17.3 Å². The number of nitrogens with zero attached hydrogens (tertiary/aromatic N) is 2. The van der Waals surface area contributed by atoms with Crippen LogP contribution in [-0.2, 0) is 0 Å². The maximum absolute atomic E-state index is 12.4. The Kier molecular flexibility index (Phi) is 6.17. The van der Waals surface area contributed by atoms with Crippen molar-refractivity contribution < 1.29 is 9.59 Å². The summed E-state index contributed by atoms with van der Waals surface area (Å²) in [7, 11) is 0. The Bertz CT molecular complexity index is 697. The number of allylic oxidation sites excluding steroid dienone is 1. The van der Waals surface area contributed by atoms with E-state index >= 15 is 0 Å². The van der Waals surface area contributed by atoms with E-state index in [0.717, 1.165) is 13.1 Å². The van der Waals surface area contributed by atoms with Crippen molar-refractivity contribution >= 4 is 11.8 Å². The standard InChI is InChI=1S/C21H26N2O2/c1-5-22(14-10-6-9-13-21(2,3)4)15-16-23-19(24)17-11-7-8-12-18(17)20(23)25/h6-8,10-12H,5,14-16H2,1-4H3/b10-6+. The van der Waals surface area contributed by atoms with Gasteiger partial charge in [0.1, 0.15) is 0 Å². The Hall–Kier alpha value is -2.38. The van der Waals surface area contributed by atoms with E-state index in [1.165, 1.54) is 4.90 Å². The predicted molar refractivity (Wildman–Crippen MR) is 100 cm³/mol. The lowest BCUT2D eigenvalue weighted by Crippen LogP contribution is -2.38. The zero-order chi connectivity index (χ0) is 18.4. The van der Waals surface area contributed by atoms with E-state index in [1.807, 2.05) is 12.2 Å². The molecule has 0 fully saturated rings. The molecule has 0 saturated heterocycles. The topological polar surface area (TPSA) is 40.6 Å². The number of imide groups is 1. The second-order valence-electron chi connectivity index (χ2n) is 7.12. The molecule has 0 aliphatic carbocycles. The van der Waals surface area contributed by atoms with Crippen molar-refractivity contribution in [2.75, 3.05) is 26.2 Å². The Morgan fingerprint density at radius 3 is 2.24 bits per heavy atom. The van der Waals surface area contributed by atoms with Crippen molar-refractivity contribution in [1.29, 1.82) is 0 Å². The summed E-state index contributed by atoms with van der Waals surface area (Å²) in [5.41, 5.74) is 1.01. The normalized spacial score (nSPS) is 14.2. The van der Waals surface area contributed by atoms with Crippen molar-refractivity contribution in [2.45, 2.75) is 27.7 Å². The highest BCUT2D eigenvalue weighted by molar-refractivity contribution is 6.21. The average molecular weight is 338 g/mol. The van der Waals surface area contributed by atoms with Crippen LogP contribution >= 0.6 is 0 Å². The highest BCUT2D eigenvalue weighted by atomic mass is 16.2. The molecule has 25 heavy (non-hydrogen) atoms. The van der Waals surface area contributed by atoms with E-state index in [0.29, 0.717) is 24.2 Å². The van der Waals surface area contributed by atoms with Gasteiger partial charge in [-0.3, -0.25) is 19.4 Å². The number of carbonyl (C=O) groups excluding carboxylic acids is 2. The molecule has 0 N–H and O–H groups in total. The molecule has 1 aliphatic rings. The first-order valence-electron chi connectivity index (χ1n) is 8.69. The van der Waals surface area contributed by atoms with E-state index in [-0.39, 0.29) is 17.2 Å². The minimum atomic E-state index is -0.191. The molecule has 0 bridgehead atoms. The van der Waals surface area contributed by atoms with Crippen LogP contribution in [0.4, 0.5) is 0 Å². The first-order valence-corrected chi connectivity index (χ1v) is 8.69. The monoisotopic (exact) mass is 338 g/mol. The SMILES string of the molecule is CCN(C/C=C/C#CC(C)(C)C)CCN1C(=O)c2ccccc2C1=O. The lowest BCUT2D eigenvalue weighted by atomic mass is 9.98. The summed E-state index contributed by atoms with van der Waals surface area (Å²) >= 11 is 0. The van der Waals surface area contributed by atoms with Crippen molar-refractivity contribution in [1.82, 2.24) is 9.80 Å². The number of benzene rings is 1. The fraction of sp³-hybridized carbons (Fsp3) is 0.429. The highest BCUT2D eigenvalue weighted by Gasteiger charge is 2.34. The van der Waals surface area contributed by atoms with Gasteiger partial charge in [-0.15, -0.1) is 0 Å². The number of carbonyl (C=O) groups is 2. The lowest BCUT2D eigenvalue weighted by molar-refractivity contribution is 0.0639. The number of rotatable bonds is 6. The summed E-state index contributed by atoms with van der Waals surface area (Å²) < 4.78 is 0. The van der Waals surface area contributed by atoms with Crippen LogP contribution in [-0.4, -0.2) is 47.8 Å². The van der Waals surface area contributed by atoms with Crippen LogP contribution in [0.2, 0.25) is 0 Å². The molecule has 0 saturated carbocycles. The molecule has 132 valence electrons. The van der Waals surface area contributed by atoms with Crippen LogP contribution < -0.4 is 0 Å². The van der Waals surface area contributed by atoms with Gasteiger partial charge in [-0.05, 0) is 45.5 Å². The van der Waals surface area contributed by atoms with E-state index in [1.54, 1.807) is 24.3 Å². The molecule has 0 unspecified atom stereocenters. The van der Waals surface area contributed by atoms with E-state index < -0.39 is 0 Å². The minimum Gasteiger partial charge on any atom is -0.298 e. The Labute approximate surface area is 150 Å². The fourth-order valence-electron chi connectivity index (χ4n) is 2.58. The Morgan fingerprint density at radius 2 is 1.72 bits per heavy atom. The largest absolute Gasteiger partial charge is 0.298 e. The third-order valence-corrected chi connectivity index (χ3v) is 3.98. The summed E-state index contributed by atoms with van der Waals surface area (Å²) in [6.45, 7) is 11.0. The van der Waals surface area contributed by atoms with Crippen molar-refractivity contribution in [3.8, 4) is 11.8 Å². The van der Waals surface area contributed by atoms with Crippen molar-refractivity contribution in [2.24, 2.45) is 5.41 Å². The van der Waals surface area contributed by atoms with Gasteiger partial charge in [-0.25, -0.2) is 0 Å². The number of likely N-dealkylation sites (N-methyl/N-ethyl adjacent to an activating group) is 1. The van der Waals surface area contributed by atoms with Crippen LogP contribution in [0.3, 0.4) is 0 Å². The van der Waals surface area contributed by atoms with Gasteiger partial charge in [-0.1, -0.05) is 37.0 Å². The van der Waals surface area contributed by atoms with Gasteiger partial charge in [-0.2, -0.15) is 0 Å². The molecule has 0 radical (unpaired) electrons. The van der Waals surface area contributed by atoms with Crippen molar-refractivity contribution in [3.63, 3.8) is 0 Å². The number of fused-ring (bicyclic) bond motifs is 1. The molecule has 0 atom stereocenters. The predicted octanol–water partition coefficient (Wildman–Crippen LogP) is 3.21. The summed E-state index contributed by atoms with van der Waals surface area (Å²) in [5, 5.41) is 0. The van der Waals surface area contributed by atoms with Gasteiger partial charge in [0, 0.05) is 25.0 Å². The second-order valence-corrected chi connectivity index (χ2v) is 7.12. The van der Waals surface area contributed by atoms with E-state index in [9.17, 15) is 9.59 Å². The summed E-state index contributed by atoms with van der Waals surface area (Å²) in [5.74, 6) is 5.83. The van der Waals surface area contributed by atoms with Crippen LogP contribution in [0.25, 0.3) is 0 Å². The van der Waals surface area contributed by atoms with Gasteiger partial charge in [0.2, 0.25) is 0 Å². The molecule has 1 aliphatic heterocycles. The quantitative estimate of drug-likeness (QED) is 0.591. The van der Waals surface area contributed by atoms with E-state index in [2.05, 4.69) is 44.4 Å². The highest BCUT2D eigenvalue weighted by Crippen LogP contribution is 2.22. The first kappa shape index (κ1) is 19.0. The molecular weight excluding hydrogens is 312 g/mol. The van der Waals surface area contributed by atoms with Gasteiger partial charge in [0.15, 0.2) is 0 Å². The van der Waals surface area contributed by atoms with E-state index in [4.69, 9.17) is 0 Å². The molecular formula is C21H26N2O2. The van der Waals surface area contributed by atoms with Gasteiger partial charge < -0.3 is 0 Å². The molecule has 1 heterocycles. The van der Waals surface area contributed by atoms with Gasteiger partial charge in [0.25, 0.3) is 11.8 Å². The Morgan fingerprint density at radius 1 is 1.12 bits per heavy atom. The second kappa shape index (κ2) is 8.13. The van der Waals surface area contributed by atoms with Crippen LogP contribution in [0.15, 0.2) is 36.4 Å². The first-order chi connectivity index (χ1) is 11.8. The molecule has 1 aromatic carbocycles. The fourth-order valence-corrected chi connectivity index (χ4v) is 2.58. The lowest BCUT2D eigenvalue weighted by Gasteiger charge is -2.21. The maximum Gasteiger partial charge on any atom is 0.261 e. The summed E-state index contributed by atoms with van der Waals surface area (Å²) in [4.78, 5) is 28.2. The number of hydrogen-bond donors (Lipinski definition) is 0. The molecule has 0 aromatic heterocycles. The van der Waals surface area contributed by atoms with Gasteiger partial charge >= 0.3 is 0 Å². The molecule has 2 rings (SSSR count). The average Bonchev–Trinajstić information content (AvgIpc) is 2.81. The smallest absolute Gasteiger partial charge is 0.261 e. The number of hydrogen-bond acceptors (Lipinski definition) is 3. The van der Waals surface area contributed by atoms with Gasteiger partial charge in [0.05, 0.1) is 11.1 Å². The summed E-state index contributed by atoms with van der Waals surface area (Å²) in [6.07, 6.45) is 3.89. The third-order valence-electron chi connectivity index (χ3n) is 3.98.